The van der Waals surface area contributed by atoms with Crippen LogP contribution in [0.3, 0.4) is 0 Å². The fraction of sp³-hybridized carbons (Fsp3) is 0.188. The molecule has 0 amide bonds. The number of para-hydroxylation sites is 1. The van der Waals surface area contributed by atoms with Crippen LogP contribution in [0.4, 0.5) is 11.4 Å². The fourth-order valence-electron chi connectivity index (χ4n) is 1.88. The average Bonchev–Trinajstić information content (AvgIpc) is 2.45. The molecule has 0 radical (unpaired) electrons. The van der Waals surface area contributed by atoms with Crippen molar-refractivity contribution in [3.05, 3.63) is 53.6 Å². The Morgan fingerprint density at radius 1 is 1.25 bits per heavy atom. The van der Waals surface area contributed by atoms with Gasteiger partial charge in [0.15, 0.2) is 0 Å². The Bertz CT molecular complexity index is 632. The molecule has 0 unspecified atom stereocenters. The van der Waals surface area contributed by atoms with Crippen molar-refractivity contribution >= 4 is 11.4 Å². The lowest BCUT2D eigenvalue weighted by molar-refractivity contribution is 0.332. The van der Waals surface area contributed by atoms with Crippen LogP contribution in [-0.4, -0.2) is 13.2 Å². The molecule has 0 saturated carbocycles. The largest absolute Gasteiger partial charge is 0.492 e. The third kappa shape index (κ3) is 3.42. The lowest BCUT2D eigenvalue weighted by Crippen LogP contribution is -2.12. The van der Waals surface area contributed by atoms with E-state index in [0.717, 1.165) is 11.4 Å². The minimum absolute atomic E-state index is 0.477. The third-order valence-electron chi connectivity index (χ3n) is 2.90. The van der Waals surface area contributed by atoms with Gasteiger partial charge in [0.2, 0.25) is 0 Å². The zero-order valence-corrected chi connectivity index (χ0v) is 11.4. The van der Waals surface area contributed by atoms with E-state index in [1.807, 2.05) is 37.3 Å². The molecule has 0 aliphatic carbocycles. The minimum atomic E-state index is 0.477. The SMILES string of the molecule is Cc1cccc(OCCNc2cccc(C#N)c2N)c1. The lowest BCUT2D eigenvalue weighted by Gasteiger charge is -2.11. The van der Waals surface area contributed by atoms with Crippen LogP contribution < -0.4 is 15.8 Å². The summed E-state index contributed by atoms with van der Waals surface area (Å²) < 4.78 is 5.64. The van der Waals surface area contributed by atoms with Crippen LogP contribution in [0.1, 0.15) is 11.1 Å². The summed E-state index contributed by atoms with van der Waals surface area (Å²) in [5.41, 5.74) is 8.77. The first-order chi connectivity index (χ1) is 9.70. The highest BCUT2D eigenvalue weighted by Gasteiger charge is 2.03. The molecule has 0 aliphatic rings. The van der Waals surface area contributed by atoms with Gasteiger partial charge in [0.05, 0.1) is 16.9 Å². The van der Waals surface area contributed by atoms with E-state index in [9.17, 15) is 0 Å². The van der Waals surface area contributed by atoms with Crippen molar-refractivity contribution in [3.8, 4) is 11.8 Å². The Balaban J connectivity index is 1.86. The standard InChI is InChI=1S/C16H17N3O/c1-12-4-2-6-14(10-12)20-9-8-19-15-7-3-5-13(11-17)16(15)18/h2-7,10,19H,8-9,18H2,1H3. The molecule has 0 spiro atoms. The number of benzene rings is 2. The van der Waals surface area contributed by atoms with Crippen molar-refractivity contribution in [1.29, 1.82) is 5.26 Å². The van der Waals surface area contributed by atoms with Gasteiger partial charge in [-0.05, 0) is 36.8 Å². The number of hydrogen-bond acceptors (Lipinski definition) is 4. The predicted octanol–water partition coefficient (Wildman–Crippen LogP) is 2.94. The first kappa shape index (κ1) is 13.8. The van der Waals surface area contributed by atoms with Crippen molar-refractivity contribution in [1.82, 2.24) is 0 Å². The smallest absolute Gasteiger partial charge is 0.119 e. The monoisotopic (exact) mass is 267 g/mol. The average molecular weight is 267 g/mol. The molecular formula is C16H17N3O. The number of anilines is 2. The maximum absolute atomic E-state index is 8.91. The summed E-state index contributed by atoms with van der Waals surface area (Å²) in [6.45, 7) is 3.17. The van der Waals surface area contributed by atoms with Gasteiger partial charge in [-0.15, -0.1) is 0 Å². The highest BCUT2D eigenvalue weighted by atomic mass is 16.5. The first-order valence-electron chi connectivity index (χ1n) is 6.42. The van der Waals surface area contributed by atoms with E-state index in [2.05, 4.69) is 11.4 Å². The van der Waals surface area contributed by atoms with E-state index < -0.39 is 0 Å². The summed E-state index contributed by atoms with van der Waals surface area (Å²) in [6, 6.07) is 15.3. The van der Waals surface area contributed by atoms with Gasteiger partial charge in [-0.1, -0.05) is 18.2 Å². The molecule has 3 N–H and O–H groups in total. The molecule has 2 aromatic rings. The molecule has 4 nitrogen and oxygen atoms in total. The highest BCUT2D eigenvalue weighted by molar-refractivity contribution is 5.72. The molecule has 0 bridgehead atoms. The van der Waals surface area contributed by atoms with Crippen LogP contribution in [0.2, 0.25) is 0 Å². The van der Waals surface area contributed by atoms with Crippen LogP contribution in [0.25, 0.3) is 0 Å². The van der Waals surface area contributed by atoms with Gasteiger partial charge in [0.1, 0.15) is 18.4 Å². The second kappa shape index (κ2) is 6.48. The van der Waals surface area contributed by atoms with Crippen LogP contribution in [0.15, 0.2) is 42.5 Å². The molecule has 2 rings (SSSR count). The minimum Gasteiger partial charge on any atom is -0.492 e. The molecule has 0 aromatic heterocycles. The molecule has 0 saturated heterocycles. The number of nitrogen functional groups attached to an aromatic ring is 1. The number of nitrogens with one attached hydrogen (secondary N) is 1. The van der Waals surface area contributed by atoms with Gasteiger partial charge >= 0.3 is 0 Å². The number of rotatable bonds is 5. The van der Waals surface area contributed by atoms with E-state index in [0.29, 0.717) is 24.4 Å². The number of nitriles is 1. The van der Waals surface area contributed by atoms with Crippen molar-refractivity contribution in [2.75, 3.05) is 24.2 Å². The molecular weight excluding hydrogens is 250 g/mol. The van der Waals surface area contributed by atoms with E-state index >= 15 is 0 Å². The number of nitrogens with two attached hydrogens (primary N) is 1. The third-order valence-corrected chi connectivity index (χ3v) is 2.90. The lowest BCUT2D eigenvalue weighted by atomic mass is 10.1. The zero-order chi connectivity index (χ0) is 14.4. The van der Waals surface area contributed by atoms with Crippen molar-refractivity contribution < 1.29 is 4.74 Å². The Hall–Kier alpha value is -2.67. The Labute approximate surface area is 118 Å². The predicted molar refractivity (Wildman–Crippen MR) is 80.7 cm³/mol. The summed E-state index contributed by atoms with van der Waals surface area (Å²) >= 11 is 0. The van der Waals surface area contributed by atoms with Crippen molar-refractivity contribution in [2.24, 2.45) is 0 Å². The molecule has 0 aliphatic heterocycles. The van der Waals surface area contributed by atoms with Crippen LogP contribution in [0, 0.1) is 18.3 Å². The second-order valence-electron chi connectivity index (χ2n) is 4.47. The summed E-state index contributed by atoms with van der Waals surface area (Å²) in [6.07, 6.45) is 0. The van der Waals surface area contributed by atoms with Crippen LogP contribution in [0.5, 0.6) is 5.75 Å². The fourth-order valence-corrected chi connectivity index (χ4v) is 1.88. The van der Waals surface area contributed by atoms with Crippen molar-refractivity contribution in [3.63, 3.8) is 0 Å². The second-order valence-corrected chi connectivity index (χ2v) is 4.47. The number of ether oxygens (including phenoxy) is 1. The maximum Gasteiger partial charge on any atom is 0.119 e. The first-order valence-corrected chi connectivity index (χ1v) is 6.42. The molecule has 102 valence electrons. The topological polar surface area (TPSA) is 71.1 Å². The van der Waals surface area contributed by atoms with E-state index in [1.54, 1.807) is 12.1 Å². The molecule has 0 fully saturated rings. The van der Waals surface area contributed by atoms with Crippen molar-refractivity contribution in [2.45, 2.75) is 6.92 Å². The number of aryl methyl sites for hydroxylation is 1. The van der Waals surface area contributed by atoms with E-state index in [4.69, 9.17) is 15.7 Å². The van der Waals surface area contributed by atoms with Crippen LogP contribution in [-0.2, 0) is 0 Å². The van der Waals surface area contributed by atoms with Gasteiger partial charge in [-0.3, -0.25) is 0 Å². The van der Waals surface area contributed by atoms with Gasteiger partial charge < -0.3 is 15.8 Å². The Morgan fingerprint density at radius 2 is 2.05 bits per heavy atom. The molecule has 0 heterocycles. The normalized spacial score (nSPS) is 9.80. The molecule has 20 heavy (non-hydrogen) atoms. The molecule has 4 heteroatoms. The highest BCUT2D eigenvalue weighted by Crippen LogP contribution is 2.21. The molecule has 2 aromatic carbocycles. The summed E-state index contributed by atoms with van der Waals surface area (Å²) in [7, 11) is 0. The quantitative estimate of drug-likeness (QED) is 0.645. The number of nitrogens with zero attached hydrogens (tertiary/aromatic N) is 1. The van der Waals surface area contributed by atoms with Gasteiger partial charge in [-0.2, -0.15) is 5.26 Å². The van der Waals surface area contributed by atoms with Gasteiger partial charge in [0.25, 0.3) is 0 Å². The molecule has 0 atom stereocenters. The zero-order valence-electron chi connectivity index (χ0n) is 11.4. The summed E-state index contributed by atoms with van der Waals surface area (Å²) in [5.74, 6) is 0.852. The Kier molecular flexibility index (Phi) is 4.46. The van der Waals surface area contributed by atoms with E-state index in [1.165, 1.54) is 5.56 Å². The Morgan fingerprint density at radius 3 is 2.80 bits per heavy atom. The van der Waals surface area contributed by atoms with Crippen LogP contribution >= 0.6 is 0 Å². The van der Waals surface area contributed by atoms with E-state index in [-0.39, 0.29) is 0 Å². The summed E-state index contributed by atoms with van der Waals surface area (Å²) in [5, 5.41) is 12.1. The number of hydrogen-bond donors (Lipinski definition) is 2. The summed E-state index contributed by atoms with van der Waals surface area (Å²) in [4.78, 5) is 0. The maximum atomic E-state index is 8.91. The van der Waals surface area contributed by atoms with Gasteiger partial charge in [0, 0.05) is 6.54 Å². The van der Waals surface area contributed by atoms with Gasteiger partial charge in [-0.25, -0.2) is 0 Å².